The largest absolute Gasteiger partial charge is 0.462 e. The van der Waals surface area contributed by atoms with E-state index >= 15 is 0 Å². The van der Waals surface area contributed by atoms with Crippen LogP contribution < -0.4 is 10.7 Å². The van der Waals surface area contributed by atoms with Gasteiger partial charge in [-0.05, 0) is 53.8 Å². The Balaban J connectivity index is 1.44. The third kappa shape index (κ3) is 8.39. The molecule has 3 amide bonds. The van der Waals surface area contributed by atoms with Crippen molar-refractivity contribution in [3.05, 3.63) is 65.2 Å². The number of nitrogens with one attached hydrogen (secondary N) is 2. The fraction of sp³-hybridized carbons (Fsp3) is 0.414. The van der Waals surface area contributed by atoms with Crippen LogP contribution in [0.15, 0.2) is 48.5 Å². The third-order valence-electron chi connectivity index (χ3n) is 6.19. The van der Waals surface area contributed by atoms with Crippen LogP contribution in [-0.2, 0) is 29.3 Å². The number of anilines is 1. The Bertz CT molecular complexity index is 1200. The van der Waals surface area contributed by atoms with Crippen molar-refractivity contribution >= 4 is 35.3 Å². The first-order valence-corrected chi connectivity index (χ1v) is 12.9. The van der Waals surface area contributed by atoms with E-state index in [0.29, 0.717) is 23.4 Å². The van der Waals surface area contributed by atoms with Crippen molar-refractivity contribution < 1.29 is 33.4 Å². The first kappa shape index (κ1) is 29.3. The number of ether oxygens (including phenoxy) is 2. The van der Waals surface area contributed by atoms with E-state index in [1.54, 1.807) is 24.3 Å². The van der Waals surface area contributed by atoms with Gasteiger partial charge in [0.2, 0.25) is 5.91 Å². The van der Waals surface area contributed by atoms with Crippen molar-refractivity contribution in [2.45, 2.75) is 52.4 Å². The number of carbonyl (C=O) groups is 5. The van der Waals surface area contributed by atoms with Gasteiger partial charge in [-0.15, -0.1) is 0 Å². The molecule has 39 heavy (non-hydrogen) atoms. The van der Waals surface area contributed by atoms with Crippen LogP contribution in [0.5, 0.6) is 0 Å². The molecule has 0 saturated carbocycles. The standard InChI is InChI=1S/C29H35N3O7/c1-5-6-15-38-27(36)20-9-13-23(14-10-20)30-24(33)18-39-28(37)21-16-25(34)32(17-21)31-26(35)19-7-11-22(12-8-19)29(2,3)4/h7-14,21H,5-6,15-18H2,1-4H3,(H,30,33)(H,31,35)/t21-/m1/s1. The van der Waals surface area contributed by atoms with E-state index in [2.05, 4.69) is 31.5 Å². The lowest BCUT2D eigenvalue weighted by atomic mass is 9.87. The van der Waals surface area contributed by atoms with E-state index in [1.807, 2.05) is 19.1 Å². The zero-order chi connectivity index (χ0) is 28.6. The van der Waals surface area contributed by atoms with E-state index < -0.39 is 42.2 Å². The van der Waals surface area contributed by atoms with Crippen molar-refractivity contribution in [2.24, 2.45) is 5.92 Å². The third-order valence-corrected chi connectivity index (χ3v) is 6.19. The lowest BCUT2D eigenvalue weighted by molar-refractivity contribution is -0.151. The fourth-order valence-corrected chi connectivity index (χ4v) is 3.82. The summed E-state index contributed by atoms with van der Waals surface area (Å²) in [5.74, 6) is -3.42. The summed E-state index contributed by atoms with van der Waals surface area (Å²) in [6.45, 7) is 7.96. The van der Waals surface area contributed by atoms with Crippen LogP contribution in [0.25, 0.3) is 0 Å². The maximum absolute atomic E-state index is 12.6. The van der Waals surface area contributed by atoms with E-state index in [1.165, 1.54) is 12.1 Å². The molecule has 208 valence electrons. The normalized spacial score (nSPS) is 15.0. The van der Waals surface area contributed by atoms with E-state index in [0.717, 1.165) is 23.4 Å². The summed E-state index contributed by atoms with van der Waals surface area (Å²) in [6, 6.07) is 13.3. The Morgan fingerprint density at radius 1 is 0.949 bits per heavy atom. The Hall–Kier alpha value is -4.21. The molecule has 1 atom stereocenters. The second-order valence-corrected chi connectivity index (χ2v) is 10.4. The second kappa shape index (κ2) is 13.0. The van der Waals surface area contributed by atoms with Gasteiger partial charge in [0, 0.05) is 17.7 Å². The summed E-state index contributed by atoms with van der Waals surface area (Å²) >= 11 is 0. The number of hydrogen-bond acceptors (Lipinski definition) is 7. The molecular weight excluding hydrogens is 502 g/mol. The summed E-state index contributed by atoms with van der Waals surface area (Å²) in [5.41, 5.74) is 4.72. The molecule has 0 bridgehead atoms. The van der Waals surface area contributed by atoms with Gasteiger partial charge in [-0.2, -0.15) is 0 Å². The highest BCUT2D eigenvalue weighted by Crippen LogP contribution is 2.23. The first-order valence-electron chi connectivity index (χ1n) is 12.9. The lowest BCUT2D eigenvalue weighted by Crippen LogP contribution is -2.43. The molecule has 1 fully saturated rings. The van der Waals surface area contributed by atoms with E-state index in [9.17, 15) is 24.0 Å². The summed E-state index contributed by atoms with van der Waals surface area (Å²) in [5, 5.41) is 3.68. The highest BCUT2D eigenvalue weighted by atomic mass is 16.5. The highest BCUT2D eigenvalue weighted by molar-refractivity contribution is 5.97. The Kier molecular flexibility index (Phi) is 9.81. The van der Waals surface area contributed by atoms with Crippen molar-refractivity contribution in [3.8, 4) is 0 Å². The quantitative estimate of drug-likeness (QED) is 0.350. The minimum Gasteiger partial charge on any atom is -0.462 e. The summed E-state index contributed by atoms with van der Waals surface area (Å²) in [6.07, 6.45) is 1.56. The van der Waals surface area contributed by atoms with Gasteiger partial charge in [-0.3, -0.25) is 29.6 Å². The number of hydrazine groups is 1. The van der Waals surface area contributed by atoms with Gasteiger partial charge in [-0.25, -0.2) is 4.79 Å². The number of benzene rings is 2. The van der Waals surface area contributed by atoms with E-state index in [4.69, 9.17) is 9.47 Å². The molecule has 0 aliphatic carbocycles. The molecule has 10 heteroatoms. The van der Waals surface area contributed by atoms with Crippen LogP contribution in [-0.4, -0.2) is 54.4 Å². The van der Waals surface area contributed by atoms with Gasteiger partial charge < -0.3 is 14.8 Å². The number of esters is 2. The molecule has 1 aliphatic rings. The summed E-state index contributed by atoms with van der Waals surface area (Å²) in [4.78, 5) is 61.6. The van der Waals surface area contributed by atoms with Crippen LogP contribution in [0.4, 0.5) is 5.69 Å². The van der Waals surface area contributed by atoms with Crippen LogP contribution in [0.3, 0.4) is 0 Å². The average Bonchev–Trinajstić information content (AvgIpc) is 3.27. The van der Waals surface area contributed by atoms with Gasteiger partial charge in [0.25, 0.3) is 11.8 Å². The highest BCUT2D eigenvalue weighted by Gasteiger charge is 2.36. The minimum absolute atomic E-state index is 0.0546. The van der Waals surface area contributed by atoms with Crippen molar-refractivity contribution in [1.29, 1.82) is 0 Å². The maximum Gasteiger partial charge on any atom is 0.338 e. The molecule has 0 unspecified atom stereocenters. The molecule has 1 aliphatic heterocycles. The van der Waals surface area contributed by atoms with Gasteiger partial charge in [-0.1, -0.05) is 46.2 Å². The molecule has 2 aromatic carbocycles. The van der Waals surface area contributed by atoms with Crippen molar-refractivity contribution in [1.82, 2.24) is 10.4 Å². The lowest BCUT2D eigenvalue weighted by Gasteiger charge is -2.20. The Morgan fingerprint density at radius 3 is 2.21 bits per heavy atom. The Labute approximate surface area is 228 Å². The number of hydrogen-bond donors (Lipinski definition) is 2. The van der Waals surface area contributed by atoms with Crippen LogP contribution >= 0.6 is 0 Å². The molecule has 0 aromatic heterocycles. The number of rotatable bonds is 10. The maximum atomic E-state index is 12.6. The molecule has 0 spiro atoms. The molecule has 2 aromatic rings. The number of nitrogens with zero attached hydrogens (tertiary/aromatic N) is 1. The van der Waals surface area contributed by atoms with Gasteiger partial charge in [0.1, 0.15) is 0 Å². The molecule has 1 saturated heterocycles. The predicted octanol–water partition coefficient (Wildman–Crippen LogP) is 3.62. The molecular formula is C29H35N3O7. The van der Waals surface area contributed by atoms with Gasteiger partial charge >= 0.3 is 11.9 Å². The predicted molar refractivity (Wildman–Crippen MR) is 144 cm³/mol. The second-order valence-electron chi connectivity index (χ2n) is 10.4. The summed E-state index contributed by atoms with van der Waals surface area (Å²) in [7, 11) is 0. The first-order chi connectivity index (χ1) is 18.5. The van der Waals surface area contributed by atoms with Gasteiger partial charge in [0.15, 0.2) is 6.61 Å². The monoisotopic (exact) mass is 537 g/mol. The van der Waals surface area contributed by atoms with Crippen molar-refractivity contribution in [2.75, 3.05) is 25.1 Å². The molecule has 10 nitrogen and oxygen atoms in total. The molecule has 0 radical (unpaired) electrons. The SMILES string of the molecule is CCCCOC(=O)c1ccc(NC(=O)COC(=O)[C@@H]2CC(=O)N(NC(=O)c3ccc(C(C)(C)C)cc3)C2)cc1. The molecule has 2 N–H and O–H groups in total. The zero-order valence-electron chi connectivity index (χ0n) is 22.7. The van der Waals surface area contributed by atoms with Crippen LogP contribution in [0, 0.1) is 5.92 Å². The Morgan fingerprint density at radius 2 is 1.59 bits per heavy atom. The number of amides is 3. The smallest absolute Gasteiger partial charge is 0.338 e. The molecule has 1 heterocycles. The van der Waals surface area contributed by atoms with Gasteiger partial charge in [0.05, 0.1) is 24.6 Å². The molecule has 3 rings (SSSR count). The fourth-order valence-electron chi connectivity index (χ4n) is 3.82. The average molecular weight is 538 g/mol. The van der Waals surface area contributed by atoms with Crippen LogP contribution in [0.2, 0.25) is 0 Å². The summed E-state index contributed by atoms with van der Waals surface area (Å²) < 4.78 is 10.2. The van der Waals surface area contributed by atoms with Crippen molar-refractivity contribution in [3.63, 3.8) is 0 Å². The zero-order valence-corrected chi connectivity index (χ0v) is 22.7. The number of carbonyl (C=O) groups excluding carboxylic acids is 5. The number of unbranched alkanes of at least 4 members (excludes halogenated alkanes) is 1. The van der Waals surface area contributed by atoms with E-state index in [-0.39, 0.29) is 18.4 Å². The minimum atomic E-state index is -0.813. The van der Waals surface area contributed by atoms with Crippen LogP contribution in [0.1, 0.15) is 73.2 Å². The topological polar surface area (TPSA) is 131 Å².